The van der Waals surface area contributed by atoms with Crippen molar-refractivity contribution in [3.63, 3.8) is 0 Å². The number of hydrogen-bond donors (Lipinski definition) is 2. The number of halogens is 3. The van der Waals surface area contributed by atoms with Crippen molar-refractivity contribution in [2.45, 2.75) is 19.3 Å². The molecule has 0 spiro atoms. The third kappa shape index (κ3) is 2.50. The van der Waals surface area contributed by atoms with Gasteiger partial charge in [0, 0.05) is 24.0 Å². The van der Waals surface area contributed by atoms with Crippen LogP contribution in [-0.2, 0) is 19.3 Å². The molecular weight excluding hydrogens is 257 g/mol. The van der Waals surface area contributed by atoms with Gasteiger partial charge in [0.1, 0.15) is 0 Å². The highest BCUT2D eigenvalue weighted by Gasteiger charge is 2.35. The highest BCUT2D eigenvalue weighted by atomic mass is 19.4. The molecule has 19 heavy (non-hydrogen) atoms. The number of alkyl halides is 3. The molecule has 0 aliphatic rings. The number of nitrogens with two attached hydrogens (primary N) is 1. The van der Waals surface area contributed by atoms with Crippen LogP contribution in [0.15, 0.2) is 36.5 Å². The highest BCUT2D eigenvalue weighted by Crippen LogP contribution is 2.36. The molecule has 3 N–H and O–H groups in total. The first-order valence-corrected chi connectivity index (χ1v) is 5.65. The minimum Gasteiger partial charge on any atom is -0.392 e. The molecule has 3 nitrogen and oxygen atoms in total. The fourth-order valence-electron chi connectivity index (χ4n) is 2.03. The number of para-hydroxylation sites is 1. The Morgan fingerprint density at radius 3 is 2.47 bits per heavy atom. The Bertz CT molecular complexity index is 576. The molecular formula is C13H13F3N2O. The number of aliphatic hydroxyl groups is 1. The van der Waals surface area contributed by atoms with E-state index in [1.165, 1.54) is 22.9 Å². The molecule has 1 heterocycles. The van der Waals surface area contributed by atoms with Crippen molar-refractivity contribution in [2.75, 3.05) is 0 Å². The van der Waals surface area contributed by atoms with E-state index in [4.69, 9.17) is 5.73 Å². The van der Waals surface area contributed by atoms with E-state index >= 15 is 0 Å². The van der Waals surface area contributed by atoms with Crippen LogP contribution in [0.5, 0.6) is 0 Å². The zero-order chi connectivity index (χ0) is 14.0. The summed E-state index contributed by atoms with van der Waals surface area (Å²) < 4.78 is 40.6. The van der Waals surface area contributed by atoms with Crippen LogP contribution in [0.3, 0.4) is 0 Å². The van der Waals surface area contributed by atoms with E-state index in [2.05, 4.69) is 0 Å². The molecule has 1 aromatic heterocycles. The molecule has 0 unspecified atom stereocenters. The van der Waals surface area contributed by atoms with Gasteiger partial charge in [-0.3, -0.25) is 0 Å². The second-order valence-corrected chi connectivity index (χ2v) is 4.04. The van der Waals surface area contributed by atoms with Crippen LogP contribution in [0, 0.1) is 0 Å². The predicted octanol–water partition coefficient (Wildman–Crippen LogP) is 2.45. The average molecular weight is 270 g/mol. The molecule has 2 aromatic rings. The second kappa shape index (κ2) is 5.07. The van der Waals surface area contributed by atoms with E-state index < -0.39 is 18.3 Å². The van der Waals surface area contributed by atoms with Gasteiger partial charge in [-0.05, 0) is 18.2 Å². The minimum atomic E-state index is -4.49. The first-order valence-electron chi connectivity index (χ1n) is 5.65. The van der Waals surface area contributed by atoms with Crippen LogP contribution in [0.25, 0.3) is 5.69 Å². The molecule has 0 saturated heterocycles. The van der Waals surface area contributed by atoms with Crippen molar-refractivity contribution in [3.05, 3.63) is 53.3 Å². The first-order chi connectivity index (χ1) is 8.99. The third-order valence-electron chi connectivity index (χ3n) is 2.88. The van der Waals surface area contributed by atoms with Gasteiger partial charge in [0.05, 0.1) is 17.9 Å². The Labute approximate surface area is 108 Å². The number of hydrogen-bond acceptors (Lipinski definition) is 2. The number of aromatic nitrogens is 1. The summed E-state index contributed by atoms with van der Waals surface area (Å²) in [5.41, 5.74) is 5.42. The molecule has 2 rings (SSSR count). The summed E-state index contributed by atoms with van der Waals surface area (Å²) in [6, 6.07) is 7.01. The van der Waals surface area contributed by atoms with Crippen LogP contribution < -0.4 is 5.73 Å². The molecule has 102 valence electrons. The van der Waals surface area contributed by atoms with Crippen LogP contribution >= 0.6 is 0 Å². The fourth-order valence-corrected chi connectivity index (χ4v) is 2.03. The fraction of sp³-hybridized carbons (Fsp3) is 0.231. The lowest BCUT2D eigenvalue weighted by atomic mass is 10.1. The summed E-state index contributed by atoms with van der Waals surface area (Å²) in [5, 5.41) is 9.26. The summed E-state index contributed by atoms with van der Waals surface area (Å²) in [4.78, 5) is 0. The molecule has 0 aliphatic carbocycles. The largest absolute Gasteiger partial charge is 0.418 e. The Morgan fingerprint density at radius 1 is 1.16 bits per heavy atom. The zero-order valence-corrected chi connectivity index (χ0v) is 9.98. The SMILES string of the molecule is NCc1cccn1-c1c(CO)cccc1C(F)(F)F. The summed E-state index contributed by atoms with van der Waals surface area (Å²) in [5.74, 6) is 0. The van der Waals surface area contributed by atoms with Crippen molar-refractivity contribution < 1.29 is 18.3 Å². The topological polar surface area (TPSA) is 51.2 Å². The van der Waals surface area contributed by atoms with E-state index in [0.29, 0.717) is 5.69 Å². The van der Waals surface area contributed by atoms with Crippen molar-refractivity contribution in [3.8, 4) is 5.69 Å². The lowest BCUT2D eigenvalue weighted by Gasteiger charge is -2.18. The van der Waals surface area contributed by atoms with Gasteiger partial charge < -0.3 is 15.4 Å². The first kappa shape index (κ1) is 13.6. The van der Waals surface area contributed by atoms with E-state index in [0.717, 1.165) is 6.07 Å². The van der Waals surface area contributed by atoms with Crippen molar-refractivity contribution >= 4 is 0 Å². The Hall–Kier alpha value is -1.79. The van der Waals surface area contributed by atoms with Gasteiger partial charge in [-0.15, -0.1) is 0 Å². The third-order valence-corrected chi connectivity index (χ3v) is 2.88. The average Bonchev–Trinajstić information content (AvgIpc) is 2.84. The normalized spacial score (nSPS) is 11.8. The summed E-state index contributed by atoms with van der Waals surface area (Å²) in [7, 11) is 0. The van der Waals surface area contributed by atoms with E-state index in [9.17, 15) is 18.3 Å². The number of nitrogens with zero attached hydrogens (tertiary/aromatic N) is 1. The van der Waals surface area contributed by atoms with Gasteiger partial charge in [-0.1, -0.05) is 12.1 Å². The summed E-state index contributed by atoms with van der Waals surface area (Å²) in [6.07, 6.45) is -2.98. The van der Waals surface area contributed by atoms with Crippen LogP contribution in [-0.4, -0.2) is 9.67 Å². The summed E-state index contributed by atoms with van der Waals surface area (Å²) >= 11 is 0. The Kier molecular flexibility index (Phi) is 3.64. The lowest BCUT2D eigenvalue weighted by Crippen LogP contribution is -2.15. The molecule has 0 radical (unpaired) electrons. The van der Waals surface area contributed by atoms with E-state index in [1.54, 1.807) is 12.1 Å². The van der Waals surface area contributed by atoms with Crippen LogP contribution in [0.4, 0.5) is 13.2 Å². The second-order valence-electron chi connectivity index (χ2n) is 4.04. The highest BCUT2D eigenvalue weighted by molar-refractivity contribution is 5.51. The maximum atomic E-state index is 13.1. The smallest absolute Gasteiger partial charge is 0.392 e. The van der Waals surface area contributed by atoms with Crippen molar-refractivity contribution in [2.24, 2.45) is 5.73 Å². The maximum absolute atomic E-state index is 13.1. The van der Waals surface area contributed by atoms with Gasteiger partial charge in [-0.2, -0.15) is 13.2 Å². The monoisotopic (exact) mass is 270 g/mol. The molecule has 0 atom stereocenters. The summed E-state index contributed by atoms with van der Waals surface area (Å²) in [6.45, 7) is -0.356. The number of aliphatic hydroxyl groups excluding tert-OH is 1. The molecule has 0 amide bonds. The molecule has 6 heteroatoms. The molecule has 0 bridgehead atoms. The molecule has 1 aromatic carbocycles. The minimum absolute atomic E-state index is 0.0667. The Balaban J connectivity index is 2.73. The maximum Gasteiger partial charge on any atom is 0.418 e. The molecule has 0 saturated carbocycles. The predicted molar refractivity (Wildman–Crippen MR) is 64.6 cm³/mol. The van der Waals surface area contributed by atoms with Gasteiger partial charge in [0.25, 0.3) is 0 Å². The van der Waals surface area contributed by atoms with Gasteiger partial charge >= 0.3 is 6.18 Å². The van der Waals surface area contributed by atoms with E-state index in [1.807, 2.05) is 0 Å². The zero-order valence-electron chi connectivity index (χ0n) is 9.98. The van der Waals surface area contributed by atoms with Gasteiger partial charge in [-0.25, -0.2) is 0 Å². The Morgan fingerprint density at radius 2 is 1.89 bits per heavy atom. The van der Waals surface area contributed by atoms with Gasteiger partial charge in [0.2, 0.25) is 0 Å². The van der Waals surface area contributed by atoms with Crippen LogP contribution in [0.2, 0.25) is 0 Å². The molecule has 0 fully saturated rings. The number of rotatable bonds is 3. The van der Waals surface area contributed by atoms with E-state index in [-0.39, 0.29) is 17.8 Å². The number of benzene rings is 1. The standard InChI is InChI=1S/C13H13F3N2O/c14-13(15,16)11-5-1-3-9(8-19)12(11)18-6-2-4-10(18)7-17/h1-6,19H,7-8,17H2. The van der Waals surface area contributed by atoms with Crippen LogP contribution in [0.1, 0.15) is 16.8 Å². The van der Waals surface area contributed by atoms with Gasteiger partial charge in [0.15, 0.2) is 0 Å². The lowest BCUT2D eigenvalue weighted by molar-refractivity contribution is -0.137. The quantitative estimate of drug-likeness (QED) is 0.900. The van der Waals surface area contributed by atoms with Crippen molar-refractivity contribution in [1.29, 1.82) is 0 Å². The molecule has 0 aliphatic heterocycles. The van der Waals surface area contributed by atoms with Crippen molar-refractivity contribution in [1.82, 2.24) is 4.57 Å².